The van der Waals surface area contributed by atoms with Gasteiger partial charge in [-0.25, -0.2) is 0 Å². The van der Waals surface area contributed by atoms with Crippen molar-refractivity contribution >= 4 is 22.5 Å². The average Bonchev–Trinajstić information content (AvgIpc) is 2.83. The molecule has 5 N–H and O–H groups in total. The van der Waals surface area contributed by atoms with Gasteiger partial charge in [-0.1, -0.05) is 23.7 Å². The number of rotatable bonds is 3. The Kier molecular flexibility index (Phi) is 4.26. The molecule has 2 heterocycles. The summed E-state index contributed by atoms with van der Waals surface area (Å²) in [7, 11) is 0. The molecule has 1 fully saturated rings. The molecule has 0 radical (unpaired) electrons. The molecule has 0 aliphatic carbocycles. The van der Waals surface area contributed by atoms with Gasteiger partial charge in [0.1, 0.15) is 29.6 Å². The minimum Gasteiger partial charge on any atom is -0.458 e. The Morgan fingerprint density at radius 2 is 1.86 bits per heavy atom. The summed E-state index contributed by atoms with van der Waals surface area (Å²) < 4.78 is 10.9. The summed E-state index contributed by atoms with van der Waals surface area (Å²) in [5.74, 6) is 0.265. The summed E-state index contributed by atoms with van der Waals surface area (Å²) in [6.45, 7) is -0.521. The van der Waals surface area contributed by atoms with Crippen LogP contribution in [-0.4, -0.2) is 62.7 Å². The third kappa shape index (κ3) is 2.56. The molecule has 1 aliphatic heterocycles. The molecule has 1 aliphatic rings. The van der Waals surface area contributed by atoms with Crippen LogP contribution in [0.15, 0.2) is 24.3 Å². The molecular weight excluding hydrogens is 314 g/mol. The lowest BCUT2D eigenvalue weighted by atomic mass is 9.99. The van der Waals surface area contributed by atoms with Gasteiger partial charge in [0, 0.05) is 5.39 Å². The van der Waals surface area contributed by atoms with Crippen LogP contribution in [0.4, 0.5) is 0 Å². The monoisotopic (exact) mass is 329 g/mol. The second kappa shape index (κ2) is 6.04. The lowest BCUT2D eigenvalue weighted by Gasteiger charge is -2.39. The smallest absolute Gasteiger partial charge is 0.229 e. The number of para-hydroxylation sites is 1. The fourth-order valence-corrected chi connectivity index (χ4v) is 2.73. The number of benzene rings is 1. The van der Waals surface area contributed by atoms with Crippen LogP contribution in [0.3, 0.4) is 0 Å². The van der Waals surface area contributed by atoms with Gasteiger partial charge in [-0.15, -0.1) is 0 Å². The maximum atomic E-state index is 9.99. The molecule has 0 unspecified atom stereocenters. The molecule has 7 nitrogen and oxygen atoms in total. The van der Waals surface area contributed by atoms with Gasteiger partial charge in [-0.2, -0.15) is 0 Å². The van der Waals surface area contributed by atoms with Gasteiger partial charge in [-0.3, -0.25) is 0 Å². The molecule has 1 saturated heterocycles. The van der Waals surface area contributed by atoms with E-state index < -0.39 is 37.3 Å². The van der Waals surface area contributed by atoms with Crippen LogP contribution < -0.4 is 4.74 Å². The number of fused-ring (bicyclic) bond motifs is 1. The van der Waals surface area contributed by atoms with E-state index in [1.807, 2.05) is 6.07 Å². The first-order valence-corrected chi connectivity index (χ1v) is 7.14. The normalized spacial score (nSPS) is 32.3. The molecule has 5 atom stereocenters. The van der Waals surface area contributed by atoms with E-state index in [0.29, 0.717) is 5.39 Å². The molecule has 8 heteroatoms. The minimum atomic E-state index is -1.50. The highest BCUT2D eigenvalue weighted by atomic mass is 35.5. The highest BCUT2D eigenvalue weighted by molar-refractivity contribution is 6.32. The first-order valence-electron chi connectivity index (χ1n) is 6.76. The van der Waals surface area contributed by atoms with Crippen LogP contribution in [-0.2, 0) is 4.74 Å². The molecule has 1 aromatic heterocycles. The van der Waals surface area contributed by atoms with Crippen LogP contribution in [0, 0.1) is 0 Å². The van der Waals surface area contributed by atoms with Crippen LogP contribution >= 0.6 is 11.6 Å². The number of aliphatic hydroxyl groups excluding tert-OH is 4. The Morgan fingerprint density at radius 1 is 1.14 bits per heavy atom. The summed E-state index contributed by atoms with van der Waals surface area (Å²) >= 11 is 6.09. The van der Waals surface area contributed by atoms with Crippen LogP contribution in [0.1, 0.15) is 0 Å². The number of hydrogen-bond donors (Lipinski definition) is 5. The Bertz CT molecular complexity index is 660. The van der Waals surface area contributed by atoms with Gasteiger partial charge in [0.15, 0.2) is 5.75 Å². The fraction of sp³-hybridized carbons (Fsp3) is 0.429. The molecule has 3 rings (SSSR count). The predicted octanol–water partition coefficient (Wildman–Crippen LogP) is -0.000000000000000278. The first-order chi connectivity index (χ1) is 10.5. The number of aliphatic hydroxyl groups is 4. The van der Waals surface area contributed by atoms with E-state index in [2.05, 4.69) is 4.98 Å². The highest BCUT2D eigenvalue weighted by Crippen LogP contribution is 2.35. The average molecular weight is 330 g/mol. The fourth-order valence-electron chi connectivity index (χ4n) is 2.48. The van der Waals surface area contributed by atoms with Crippen molar-refractivity contribution < 1.29 is 29.9 Å². The van der Waals surface area contributed by atoms with Crippen LogP contribution in [0.2, 0.25) is 5.15 Å². The molecule has 22 heavy (non-hydrogen) atoms. The van der Waals surface area contributed by atoms with Crippen molar-refractivity contribution in [3.8, 4) is 5.75 Å². The zero-order valence-corrected chi connectivity index (χ0v) is 12.1. The van der Waals surface area contributed by atoms with Crippen molar-refractivity contribution in [2.24, 2.45) is 0 Å². The second-order valence-corrected chi connectivity index (χ2v) is 5.51. The summed E-state index contributed by atoms with van der Waals surface area (Å²) in [4.78, 5) is 2.92. The quantitative estimate of drug-likeness (QED) is 0.541. The molecule has 1 aromatic carbocycles. The van der Waals surface area contributed by atoms with E-state index in [-0.39, 0.29) is 10.9 Å². The van der Waals surface area contributed by atoms with Gasteiger partial charge in [0.05, 0.1) is 12.1 Å². The van der Waals surface area contributed by atoms with E-state index in [0.717, 1.165) is 5.52 Å². The molecule has 0 bridgehead atoms. The van der Waals surface area contributed by atoms with Crippen molar-refractivity contribution in [1.82, 2.24) is 4.98 Å². The largest absolute Gasteiger partial charge is 0.458 e. The van der Waals surface area contributed by atoms with Gasteiger partial charge in [-0.05, 0) is 12.1 Å². The van der Waals surface area contributed by atoms with E-state index >= 15 is 0 Å². The van der Waals surface area contributed by atoms with E-state index in [9.17, 15) is 20.4 Å². The second-order valence-electron chi connectivity index (χ2n) is 5.13. The standard InChI is InChI=1S/C14H16ClNO6/c15-13-12(6-3-1-2-4-7(6)16-13)22-14-11(20)10(19)9(18)8(5-17)21-14/h1-4,8-11,14,16-20H,5H2/t8-,9-,10+,11-,14-/m1/s1. The Balaban J connectivity index is 1.89. The first kappa shape index (κ1) is 15.5. The molecule has 0 saturated carbocycles. The van der Waals surface area contributed by atoms with Crippen molar-refractivity contribution in [1.29, 1.82) is 0 Å². The SMILES string of the molecule is OC[C@H]1O[C@H](Oc2c(Cl)[nH]c3ccccc23)[C@H](O)[C@@H](O)[C@@H]1O. The summed E-state index contributed by atoms with van der Waals surface area (Å²) in [5, 5.41) is 39.6. The highest BCUT2D eigenvalue weighted by Gasteiger charge is 2.45. The number of ether oxygens (including phenoxy) is 2. The lowest BCUT2D eigenvalue weighted by Crippen LogP contribution is -2.60. The van der Waals surface area contributed by atoms with E-state index in [1.54, 1.807) is 18.2 Å². The maximum Gasteiger partial charge on any atom is 0.229 e. The van der Waals surface area contributed by atoms with Crippen molar-refractivity contribution in [2.75, 3.05) is 6.61 Å². The number of aromatic nitrogens is 1. The van der Waals surface area contributed by atoms with Gasteiger partial charge in [0.25, 0.3) is 0 Å². The Hall–Kier alpha value is -1.35. The summed E-state index contributed by atoms with van der Waals surface area (Å²) in [6, 6.07) is 7.21. The van der Waals surface area contributed by atoms with Gasteiger partial charge in [0.2, 0.25) is 6.29 Å². The number of H-pyrrole nitrogens is 1. The summed E-state index contributed by atoms with van der Waals surface area (Å²) in [6.07, 6.45) is -6.72. The van der Waals surface area contributed by atoms with Crippen molar-refractivity contribution in [3.63, 3.8) is 0 Å². The minimum absolute atomic E-state index is 0.221. The zero-order valence-electron chi connectivity index (χ0n) is 11.4. The number of nitrogens with one attached hydrogen (secondary N) is 1. The summed E-state index contributed by atoms with van der Waals surface area (Å²) in [5.41, 5.74) is 0.743. The van der Waals surface area contributed by atoms with E-state index in [4.69, 9.17) is 21.1 Å². The maximum absolute atomic E-state index is 9.99. The molecule has 120 valence electrons. The van der Waals surface area contributed by atoms with Gasteiger partial charge < -0.3 is 34.9 Å². The Morgan fingerprint density at radius 3 is 2.59 bits per heavy atom. The zero-order chi connectivity index (χ0) is 15.9. The number of hydrogen-bond acceptors (Lipinski definition) is 6. The lowest BCUT2D eigenvalue weighted by molar-refractivity contribution is -0.277. The molecular formula is C14H16ClNO6. The number of aromatic amines is 1. The van der Waals surface area contributed by atoms with Crippen molar-refractivity contribution in [2.45, 2.75) is 30.7 Å². The molecule has 2 aromatic rings. The molecule has 0 amide bonds. The third-order valence-corrected chi connectivity index (χ3v) is 3.96. The predicted molar refractivity (Wildman–Crippen MR) is 77.7 cm³/mol. The van der Waals surface area contributed by atoms with E-state index in [1.165, 1.54) is 0 Å². The molecule has 0 spiro atoms. The Labute approximate surface area is 130 Å². The topological polar surface area (TPSA) is 115 Å². The number of halogens is 1. The van der Waals surface area contributed by atoms with Crippen LogP contribution in [0.25, 0.3) is 10.9 Å². The van der Waals surface area contributed by atoms with Crippen LogP contribution in [0.5, 0.6) is 5.75 Å². The third-order valence-electron chi connectivity index (χ3n) is 3.70. The van der Waals surface area contributed by atoms with Crippen molar-refractivity contribution in [3.05, 3.63) is 29.4 Å². The van der Waals surface area contributed by atoms with Gasteiger partial charge >= 0.3 is 0 Å².